The van der Waals surface area contributed by atoms with Crippen LogP contribution in [0.1, 0.15) is 29.8 Å². The predicted molar refractivity (Wildman–Crippen MR) is 140 cm³/mol. The molecule has 3 heterocycles. The Hall–Kier alpha value is -3.62. The highest BCUT2D eigenvalue weighted by Crippen LogP contribution is 2.36. The van der Waals surface area contributed by atoms with E-state index < -0.39 is 6.04 Å². The standard InChI is InChI=1S/C26H23ClN6OS/c1-16-9-3-6-12-20(16)30-24(34)22-17(2)29-25-31-26(35-15-18-10-4-5-11-19(18)27)32-33(25)23(22)21-13-7-8-14-28-21/h3-14,23H,15H2,1-2H3,(H,30,34)(H,29,31,32). The van der Waals surface area contributed by atoms with E-state index in [2.05, 4.69) is 20.6 Å². The van der Waals surface area contributed by atoms with Crippen molar-refractivity contribution in [2.45, 2.75) is 30.8 Å². The summed E-state index contributed by atoms with van der Waals surface area (Å²) in [4.78, 5) is 22.8. The maximum Gasteiger partial charge on any atom is 0.255 e. The molecule has 0 bridgehead atoms. The molecule has 9 heteroatoms. The van der Waals surface area contributed by atoms with E-state index in [1.165, 1.54) is 11.8 Å². The molecule has 0 saturated carbocycles. The van der Waals surface area contributed by atoms with Gasteiger partial charge in [0.15, 0.2) is 0 Å². The molecule has 35 heavy (non-hydrogen) atoms. The van der Waals surface area contributed by atoms with Gasteiger partial charge in [-0.3, -0.25) is 9.78 Å². The molecule has 1 aliphatic rings. The van der Waals surface area contributed by atoms with Gasteiger partial charge in [-0.25, -0.2) is 4.68 Å². The Labute approximate surface area is 212 Å². The minimum atomic E-state index is -0.529. The lowest BCUT2D eigenvalue weighted by Crippen LogP contribution is -2.32. The molecule has 2 N–H and O–H groups in total. The molecule has 0 aliphatic carbocycles. The number of fused-ring (bicyclic) bond motifs is 1. The van der Waals surface area contributed by atoms with Crippen LogP contribution in [-0.2, 0) is 10.5 Å². The van der Waals surface area contributed by atoms with Gasteiger partial charge in [0.05, 0.1) is 11.3 Å². The summed E-state index contributed by atoms with van der Waals surface area (Å²) in [7, 11) is 0. The average Bonchev–Trinajstić information content (AvgIpc) is 3.27. The molecule has 0 spiro atoms. The third-order valence-corrected chi connectivity index (χ3v) is 7.01. The van der Waals surface area contributed by atoms with Crippen molar-refractivity contribution in [2.24, 2.45) is 0 Å². The number of amides is 1. The fourth-order valence-corrected chi connectivity index (χ4v) is 5.07. The van der Waals surface area contributed by atoms with E-state index in [-0.39, 0.29) is 5.91 Å². The van der Waals surface area contributed by atoms with Gasteiger partial charge in [0, 0.05) is 28.4 Å². The van der Waals surface area contributed by atoms with Crippen molar-refractivity contribution in [2.75, 3.05) is 10.6 Å². The maximum absolute atomic E-state index is 13.6. The van der Waals surface area contributed by atoms with Crippen molar-refractivity contribution in [1.29, 1.82) is 0 Å². The van der Waals surface area contributed by atoms with Gasteiger partial charge in [-0.05, 0) is 49.2 Å². The Morgan fingerprint density at radius 3 is 2.63 bits per heavy atom. The summed E-state index contributed by atoms with van der Waals surface area (Å²) in [5.74, 6) is 0.975. The number of benzene rings is 2. The number of allylic oxidation sites excluding steroid dienone is 1. The Kier molecular flexibility index (Phi) is 6.57. The number of nitrogens with one attached hydrogen (secondary N) is 2. The average molecular weight is 503 g/mol. The number of carbonyl (C=O) groups is 1. The molecular formula is C26H23ClN6OS. The van der Waals surface area contributed by atoms with Crippen LogP contribution in [0.5, 0.6) is 0 Å². The summed E-state index contributed by atoms with van der Waals surface area (Å²) in [6, 6.07) is 20.5. The second-order valence-electron chi connectivity index (χ2n) is 8.13. The second kappa shape index (κ2) is 9.93. The molecule has 1 unspecified atom stereocenters. The van der Waals surface area contributed by atoms with Crippen LogP contribution in [-0.4, -0.2) is 25.7 Å². The predicted octanol–water partition coefficient (Wildman–Crippen LogP) is 5.85. The zero-order valence-electron chi connectivity index (χ0n) is 19.2. The molecule has 1 atom stereocenters. The van der Waals surface area contributed by atoms with Crippen LogP contribution in [0.3, 0.4) is 0 Å². The van der Waals surface area contributed by atoms with Gasteiger partial charge in [-0.2, -0.15) is 4.98 Å². The molecule has 4 aromatic rings. The second-order valence-corrected chi connectivity index (χ2v) is 9.48. The number of thioether (sulfide) groups is 1. The Balaban J connectivity index is 1.49. The van der Waals surface area contributed by atoms with Gasteiger partial charge in [-0.15, -0.1) is 5.10 Å². The van der Waals surface area contributed by atoms with Gasteiger partial charge in [-0.1, -0.05) is 65.8 Å². The van der Waals surface area contributed by atoms with E-state index >= 15 is 0 Å². The number of pyridine rings is 1. The lowest BCUT2D eigenvalue weighted by Gasteiger charge is -2.28. The van der Waals surface area contributed by atoms with Crippen molar-refractivity contribution in [3.63, 3.8) is 0 Å². The molecule has 2 aromatic heterocycles. The zero-order valence-corrected chi connectivity index (χ0v) is 20.8. The zero-order chi connectivity index (χ0) is 24.4. The number of halogens is 1. The summed E-state index contributed by atoms with van der Waals surface area (Å²) in [5.41, 5.74) is 4.70. The minimum absolute atomic E-state index is 0.216. The maximum atomic E-state index is 13.6. The van der Waals surface area contributed by atoms with Gasteiger partial charge >= 0.3 is 0 Å². The SMILES string of the molecule is CC1=C(C(=O)Nc2ccccc2C)C(c2ccccn2)n2nc(SCc3ccccc3Cl)nc2N1. The fraction of sp³-hybridized carbons (Fsp3) is 0.154. The lowest BCUT2D eigenvalue weighted by molar-refractivity contribution is -0.113. The van der Waals surface area contributed by atoms with E-state index in [4.69, 9.17) is 16.7 Å². The van der Waals surface area contributed by atoms with Gasteiger partial charge in [0.25, 0.3) is 5.91 Å². The van der Waals surface area contributed by atoms with E-state index in [9.17, 15) is 4.79 Å². The van der Waals surface area contributed by atoms with Crippen LogP contribution in [0.25, 0.3) is 0 Å². The van der Waals surface area contributed by atoms with Gasteiger partial charge in [0.2, 0.25) is 11.1 Å². The molecule has 0 saturated heterocycles. The largest absolute Gasteiger partial charge is 0.328 e. The van der Waals surface area contributed by atoms with Crippen LogP contribution < -0.4 is 10.6 Å². The first-order valence-corrected chi connectivity index (χ1v) is 12.5. The molecule has 176 valence electrons. The van der Waals surface area contributed by atoms with Crippen molar-refractivity contribution >= 4 is 40.9 Å². The molecule has 1 aliphatic heterocycles. The van der Waals surface area contributed by atoms with Gasteiger partial charge < -0.3 is 10.6 Å². The number of rotatable bonds is 6. The first kappa shape index (κ1) is 23.1. The summed E-state index contributed by atoms with van der Waals surface area (Å²) in [5, 5.41) is 12.4. The third-order valence-electron chi connectivity index (χ3n) is 5.75. The Morgan fingerprint density at radius 2 is 1.86 bits per heavy atom. The van der Waals surface area contributed by atoms with E-state index in [0.29, 0.717) is 38.8 Å². The van der Waals surface area contributed by atoms with E-state index in [1.54, 1.807) is 10.9 Å². The van der Waals surface area contributed by atoms with Crippen molar-refractivity contribution < 1.29 is 4.79 Å². The van der Waals surface area contributed by atoms with Crippen LogP contribution in [0.4, 0.5) is 11.6 Å². The molecule has 7 nitrogen and oxygen atoms in total. The number of anilines is 2. The van der Waals surface area contributed by atoms with Gasteiger partial charge in [0.1, 0.15) is 6.04 Å². The van der Waals surface area contributed by atoms with E-state index in [0.717, 1.165) is 16.8 Å². The summed E-state index contributed by atoms with van der Waals surface area (Å²) in [6.45, 7) is 3.83. The molecule has 0 fully saturated rings. The fourth-order valence-electron chi connectivity index (χ4n) is 3.96. The highest BCUT2D eigenvalue weighted by atomic mass is 35.5. The van der Waals surface area contributed by atoms with Crippen LogP contribution in [0.15, 0.2) is 89.4 Å². The minimum Gasteiger partial charge on any atom is -0.328 e. The smallest absolute Gasteiger partial charge is 0.255 e. The number of hydrogen-bond donors (Lipinski definition) is 2. The topological polar surface area (TPSA) is 84.7 Å². The third kappa shape index (κ3) is 4.80. The van der Waals surface area contributed by atoms with E-state index in [1.807, 2.05) is 80.6 Å². The number of aromatic nitrogens is 4. The Bertz CT molecular complexity index is 1420. The van der Waals surface area contributed by atoms with Crippen LogP contribution in [0.2, 0.25) is 5.02 Å². The number of hydrogen-bond acceptors (Lipinski definition) is 6. The van der Waals surface area contributed by atoms with Crippen molar-refractivity contribution in [3.8, 4) is 0 Å². The number of para-hydroxylation sites is 1. The quantitative estimate of drug-likeness (QED) is 0.321. The molecule has 2 aromatic carbocycles. The summed E-state index contributed by atoms with van der Waals surface area (Å²) in [6.07, 6.45) is 1.72. The van der Waals surface area contributed by atoms with Crippen molar-refractivity contribution in [3.05, 3.63) is 106 Å². The number of carbonyl (C=O) groups excluding carboxylic acids is 1. The molecule has 5 rings (SSSR count). The number of aryl methyl sites for hydroxylation is 1. The number of nitrogens with zero attached hydrogens (tertiary/aromatic N) is 4. The molecular weight excluding hydrogens is 480 g/mol. The monoisotopic (exact) mass is 502 g/mol. The highest BCUT2D eigenvalue weighted by molar-refractivity contribution is 7.98. The molecule has 1 amide bonds. The molecule has 0 radical (unpaired) electrons. The summed E-state index contributed by atoms with van der Waals surface area (Å²) >= 11 is 7.80. The highest BCUT2D eigenvalue weighted by Gasteiger charge is 2.35. The first-order valence-electron chi connectivity index (χ1n) is 11.1. The van der Waals surface area contributed by atoms with Crippen LogP contribution in [0, 0.1) is 6.92 Å². The van der Waals surface area contributed by atoms with Crippen LogP contribution >= 0.6 is 23.4 Å². The Morgan fingerprint density at radius 1 is 1.09 bits per heavy atom. The first-order chi connectivity index (χ1) is 17.0. The van der Waals surface area contributed by atoms with Crippen molar-refractivity contribution in [1.82, 2.24) is 19.7 Å². The summed E-state index contributed by atoms with van der Waals surface area (Å²) < 4.78 is 1.73. The lowest BCUT2D eigenvalue weighted by atomic mass is 9.98. The normalized spacial score (nSPS) is 14.9.